The highest BCUT2D eigenvalue weighted by molar-refractivity contribution is 9.10. The zero-order valence-electron chi connectivity index (χ0n) is 11.2. The zero-order chi connectivity index (χ0) is 15.6. The molecule has 2 aromatic rings. The van der Waals surface area contributed by atoms with E-state index in [4.69, 9.17) is 4.74 Å². The third-order valence-corrected chi connectivity index (χ3v) is 4.43. The van der Waals surface area contributed by atoms with Gasteiger partial charge in [0, 0.05) is 12.1 Å². The number of ether oxygens (including phenoxy) is 1. The topological polar surface area (TPSA) is 34.1 Å². The minimum absolute atomic E-state index is 0.129. The van der Waals surface area contributed by atoms with Crippen molar-refractivity contribution >= 4 is 27.3 Å². The second-order valence-electron chi connectivity index (χ2n) is 4.17. The number of methoxy groups -OCH3 is 1. The van der Waals surface area contributed by atoms with E-state index in [0.29, 0.717) is 20.8 Å². The SMILES string of the molecule is CNCc1sc(-c2ccc(OC)c(Br)c2)nc1C(F)(F)F. The van der Waals surface area contributed by atoms with Crippen molar-refractivity contribution in [2.45, 2.75) is 12.7 Å². The van der Waals surface area contributed by atoms with Gasteiger partial charge >= 0.3 is 6.18 Å². The van der Waals surface area contributed by atoms with Crippen molar-refractivity contribution in [2.75, 3.05) is 14.2 Å². The van der Waals surface area contributed by atoms with Crippen LogP contribution in [0.4, 0.5) is 13.2 Å². The number of benzene rings is 1. The molecule has 21 heavy (non-hydrogen) atoms. The zero-order valence-corrected chi connectivity index (χ0v) is 13.6. The van der Waals surface area contributed by atoms with Crippen LogP contribution in [0.15, 0.2) is 22.7 Å². The molecule has 0 spiro atoms. The highest BCUT2D eigenvalue weighted by atomic mass is 79.9. The first kappa shape index (κ1) is 16.3. The Morgan fingerprint density at radius 1 is 1.38 bits per heavy atom. The third kappa shape index (κ3) is 3.56. The first-order valence-corrected chi connectivity index (χ1v) is 7.53. The van der Waals surface area contributed by atoms with Crippen LogP contribution in [0.5, 0.6) is 5.75 Å². The molecule has 0 saturated carbocycles. The second-order valence-corrected chi connectivity index (χ2v) is 6.11. The van der Waals surface area contributed by atoms with Crippen LogP contribution in [0.2, 0.25) is 0 Å². The molecule has 1 aromatic heterocycles. The molecule has 0 amide bonds. The molecule has 0 bridgehead atoms. The average molecular weight is 381 g/mol. The summed E-state index contributed by atoms with van der Waals surface area (Å²) in [5.74, 6) is 0.613. The van der Waals surface area contributed by atoms with E-state index in [1.54, 1.807) is 25.2 Å². The Balaban J connectivity index is 2.47. The summed E-state index contributed by atoms with van der Waals surface area (Å²) < 4.78 is 44.7. The first-order chi connectivity index (χ1) is 9.86. The lowest BCUT2D eigenvalue weighted by Crippen LogP contribution is -2.12. The van der Waals surface area contributed by atoms with Gasteiger partial charge in [-0.2, -0.15) is 13.2 Å². The molecule has 3 nitrogen and oxygen atoms in total. The van der Waals surface area contributed by atoms with E-state index in [0.717, 1.165) is 11.3 Å². The van der Waals surface area contributed by atoms with Crippen molar-refractivity contribution in [3.63, 3.8) is 0 Å². The van der Waals surface area contributed by atoms with Crippen LogP contribution in [0.25, 0.3) is 10.6 Å². The molecule has 0 atom stereocenters. The predicted molar refractivity (Wildman–Crippen MR) is 79.6 cm³/mol. The Bertz CT molecular complexity index is 643. The summed E-state index contributed by atoms with van der Waals surface area (Å²) in [6.07, 6.45) is -4.45. The molecule has 0 fully saturated rings. The maximum Gasteiger partial charge on any atom is 0.434 e. The standard InChI is InChI=1S/C13H12BrF3N2OS/c1-18-6-10-11(13(15,16)17)19-12(21-10)7-3-4-9(20-2)8(14)5-7/h3-5,18H,6H2,1-2H3. The van der Waals surface area contributed by atoms with Crippen molar-refractivity contribution in [1.29, 1.82) is 0 Å². The average Bonchev–Trinajstić information content (AvgIpc) is 2.83. The maximum absolute atomic E-state index is 13.0. The minimum Gasteiger partial charge on any atom is -0.496 e. The summed E-state index contributed by atoms with van der Waals surface area (Å²) in [5, 5.41) is 3.06. The van der Waals surface area contributed by atoms with Crippen LogP contribution in [-0.2, 0) is 12.7 Å². The Labute approximate surface area is 132 Å². The summed E-state index contributed by atoms with van der Waals surface area (Å²) in [6, 6.07) is 5.07. The van der Waals surface area contributed by atoms with Gasteiger partial charge in [0.05, 0.1) is 16.5 Å². The van der Waals surface area contributed by atoms with Gasteiger partial charge < -0.3 is 10.1 Å². The van der Waals surface area contributed by atoms with E-state index in [-0.39, 0.29) is 11.4 Å². The number of rotatable bonds is 4. The lowest BCUT2D eigenvalue weighted by molar-refractivity contribution is -0.141. The van der Waals surface area contributed by atoms with Crippen molar-refractivity contribution in [3.8, 4) is 16.3 Å². The highest BCUT2D eigenvalue weighted by Crippen LogP contribution is 2.39. The predicted octanol–water partition coefficient (Wildman–Crippen LogP) is 4.32. The molecule has 0 unspecified atom stereocenters. The van der Waals surface area contributed by atoms with Gasteiger partial charge in [-0.15, -0.1) is 11.3 Å². The Morgan fingerprint density at radius 2 is 2.10 bits per heavy atom. The number of nitrogens with zero attached hydrogens (tertiary/aromatic N) is 1. The van der Waals surface area contributed by atoms with E-state index in [1.807, 2.05) is 0 Å². The van der Waals surface area contributed by atoms with Gasteiger partial charge in [-0.3, -0.25) is 0 Å². The maximum atomic E-state index is 13.0. The summed E-state index contributed by atoms with van der Waals surface area (Å²) in [7, 11) is 3.12. The number of hydrogen-bond donors (Lipinski definition) is 1. The summed E-state index contributed by atoms with van der Waals surface area (Å²) in [5.41, 5.74) is -0.218. The lowest BCUT2D eigenvalue weighted by Gasteiger charge is -2.05. The van der Waals surface area contributed by atoms with Crippen LogP contribution in [-0.4, -0.2) is 19.1 Å². The van der Waals surface area contributed by atoms with Crippen molar-refractivity contribution < 1.29 is 17.9 Å². The summed E-state index contributed by atoms with van der Waals surface area (Å²) in [6.45, 7) is 0.129. The summed E-state index contributed by atoms with van der Waals surface area (Å²) in [4.78, 5) is 3.93. The van der Waals surface area contributed by atoms with Gasteiger partial charge in [0.25, 0.3) is 0 Å². The quantitative estimate of drug-likeness (QED) is 0.857. The molecule has 8 heteroatoms. The van der Waals surface area contributed by atoms with E-state index < -0.39 is 11.9 Å². The summed E-state index contributed by atoms with van der Waals surface area (Å²) >= 11 is 4.35. The van der Waals surface area contributed by atoms with E-state index in [2.05, 4.69) is 26.2 Å². The Kier molecular flexibility index (Phi) is 4.90. The number of hydrogen-bond acceptors (Lipinski definition) is 4. The van der Waals surface area contributed by atoms with Crippen LogP contribution >= 0.6 is 27.3 Å². The molecule has 0 saturated heterocycles. The Hall–Kier alpha value is -1.12. The van der Waals surface area contributed by atoms with Gasteiger partial charge in [0.1, 0.15) is 10.8 Å². The highest BCUT2D eigenvalue weighted by Gasteiger charge is 2.37. The van der Waals surface area contributed by atoms with Crippen LogP contribution in [0, 0.1) is 0 Å². The minimum atomic E-state index is -4.45. The molecular weight excluding hydrogens is 369 g/mol. The van der Waals surface area contributed by atoms with Gasteiger partial charge in [0.2, 0.25) is 0 Å². The number of alkyl halides is 3. The molecular formula is C13H12BrF3N2OS. The third-order valence-electron chi connectivity index (χ3n) is 2.70. The van der Waals surface area contributed by atoms with Crippen molar-refractivity contribution in [3.05, 3.63) is 33.2 Å². The second kappa shape index (κ2) is 6.33. The van der Waals surface area contributed by atoms with Crippen LogP contribution < -0.4 is 10.1 Å². The molecule has 1 aromatic carbocycles. The van der Waals surface area contributed by atoms with Crippen molar-refractivity contribution in [2.24, 2.45) is 0 Å². The van der Waals surface area contributed by atoms with Gasteiger partial charge in [0.15, 0.2) is 5.69 Å². The number of halogens is 4. The first-order valence-electron chi connectivity index (χ1n) is 5.92. The molecule has 114 valence electrons. The van der Waals surface area contributed by atoms with Crippen molar-refractivity contribution in [1.82, 2.24) is 10.3 Å². The molecule has 1 heterocycles. The van der Waals surface area contributed by atoms with Gasteiger partial charge in [-0.25, -0.2) is 4.98 Å². The van der Waals surface area contributed by atoms with Gasteiger partial charge in [-0.1, -0.05) is 0 Å². The van der Waals surface area contributed by atoms with Gasteiger partial charge in [-0.05, 0) is 41.2 Å². The lowest BCUT2D eigenvalue weighted by atomic mass is 10.2. The monoisotopic (exact) mass is 380 g/mol. The molecule has 0 radical (unpaired) electrons. The van der Waals surface area contributed by atoms with E-state index >= 15 is 0 Å². The number of thiazole rings is 1. The van der Waals surface area contributed by atoms with E-state index in [9.17, 15) is 13.2 Å². The molecule has 0 aliphatic carbocycles. The Morgan fingerprint density at radius 3 is 2.62 bits per heavy atom. The smallest absolute Gasteiger partial charge is 0.434 e. The fourth-order valence-corrected chi connectivity index (χ4v) is 3.41. The molecule has 0 aliphatic heterocycles. The van der Waals surface area contributed by atoms with E-state index in [1.165, 1.54) is 7.11 Å². The fraction of sp³-hybridized carbons (Fsp3) is 0.308. The van der Waals surface area contributed by atoms with Crippen LogP contribution in [0.1, 0.15) is 10.6 Å². The molecule has 1 N–H and O–H groups in total. The molecule has 2 rings (SSSR count). The number of nitrogens with one attached hydrogen (secondary N) is 1. The molecule has 0 aliphatic rings. The normalized spacial score (nSPS) is 11.7. The number of aromatic nitrogens is 1. The fourth-order valence-electron chi connectivity index (χ4n) is 1.78. The van der Waals surface area contributed by atoms with Crippen LogP contribution in [0.3, 0.4) is 0 Å². The largest absolute Gasteiger partial charge is 0.496 e.